The number of carbonyl (C=O) groups is 1. The van der Waals surface area contributed by atoms with Crippen molar-refractivity contribution < 1.29 is 9.53 Å². The Morgan fingerprint density at radius 1 is 1.58 bits per heavy atom. The van der Waals surface area contributed by atoms with Crippen molar-refractivity contribution in [3.8, 4) is 0 Å². The molecule has 0 atom stereocenters. The molecule has 0 radical (unpaired) electrons. The second-order valence-corrected chi connectivity index (χ2v) is 2.53. The number of nitrogens with one attached hydrogen (secondary N) is 1. The largest absolute Gasteiger partial charge is 0.463 e. The SMILES string of the molecule is COC(=O)C(N)=NC(=N)C(C)C. The van der Waals surface area contributed by atoms with Crippen LogP contribution in [0.1, 0.15) is 13.8 Å². The molecular formula is C7H13N3O2. The minimum absolute atomic E-state index is 0.0480. The maximum atomic E-state index is 10.7. The van der Waals surface area contributed by atoms with Crippen molar-refractivity contribution in [2.75, 3.05) is 7.11 Å². The van der Waals surface area contributed by atoms with Crippen LogP contribution in [0.4, 0.5) is 0 Å². The Morgan fingerprint density at radius 3 is 2.42 bits per heavy atom. The fourth-order valence-electron chi connectivity index (χ4n) is 0.409. The standard InChI is InChI=1S/C7H13N3O2/c1-4(2)5(8)10-6(9)7(11)12-3/h4H,1-3H3,(H3,8,9,10). The summed E-state index contributed by atoms with van der Waals surface area (Å²) in [6.45, 7) is 3.58. The minimum Gasteiger partial charge on any atom is -0.463 e. The van der Waals surface area contributed by atoms with Crippen molar-refractivity contribution in [3.63, 3.8) is 0 Å². The molecule has 0 aromatic rings. The van der Waals surface area contributed by atoms with E-state index in [0.717, 1.165) is 0 Å². The zero-order chi connectivity index (χ0) is 9.72. The van der Waals surface area contributed by atoms with Gasteiger partial charge in [-0.15, -0.1) is 0 Å². The van der Waals surface area contributed by atoms with Gasteiger partial charge in [-0.2, -0.15) is 0 Å². The molecule has 0 saturated heterocycles. The monoisotopic (exact) mass is 171 g/mol. The number of nitrogens with two attached hydrogens (primary N) is 1. The molecule has 0 aliphatic heterocycles. The number of methoxy groups -OCH3 is 1. The predicted octanol–water partition coefficient (Wildman–Crippen LogP) is 0.150. The third kappa shape index (κ3) is 3.14. The van der Waals surface area contributed by atoms with Gasteiger partial charge in [0.2, 0.25) is 5.84 Å². The first kappa shape index (κ1) is 10.6. The summed E-state index contributed by atoms with van der Waals surface area (Å²) in [7, 11) is 1.21. The van der Waals surface area contributed by atoms with Crippen LogP contribution >= 0.6 is 0 Å². The molecule has 12 heavy (non-hydrogen) atoms. The molecule has 0 fully saturated rings. The van der Waals surface area contributed by atoms with E-state index in [1.807, 2.05) is 0 Å². The fraction of sp³-hybridized carbons (Fsp3) is 0.571. The Bertz CT molecular complexity index is 221. The molecule has 0 aliphatic carbocycles. The zero-order valence-corrected chi connectivity index (χ0v) is 7.42. The van der Waals surface area contributed by atoms with E-state index >= 15 is 0 Å². The van der Waals surface area contributed by atoms with E-state index in [0.29, 0.717) is 0 Å². The van der Waals surface area contributed by atoms with Gasteiger partial charge in [-0.05, 0) is 0 Å². The van der Waals surface area contributed by atoms with Gasteiger partial charge in [0.1, 0.15) is 5.84 Å². The highest BCUT2D eigenvalue weighted by atomic mass is 16.5. The third-order valence-corrected chi connectivity index (χ3v) is 1.18. The van der Waals surface area contributed by atoms with E-state index in [1.165, 1.54) is 7.11 Å². The molecule has 0 amide bonds. The summed E-state index contributed by atoms with van der Waals surface area (Å²) >= 11 is 0. The first-order chi connectivity index (χ1) is 5.49. The van der Waals surface area contributed by atoms with Crippen LogP contribution < -0.4 is 5.73 Å². The Morgan fingerprint density at radius 2 is 2.08 bits per heavy atom. The average molecular weight is 171 g/mol. The number of ether oxygens (including phenoxy) is 1. The number of hydrogen-bond acceptors (Lipinski definition) is 3. The lowest BCUT2D eigenvalue weighted by molar-refractivity contribution is -0.132. The topological polar surface area (TPSA) is 88.5 Å². The number of aliphatic imine (C=N–C) groups is 1. The van der Waals surface area contributed by atoms with Crippen LogP contribution in [0.25, 0.3) is 0 Å². The summed E-state index contributed by atoms with van der Waals surface area (Å²) in [4.78, 5) is 14.2. The Hall–Kier alpha value is -1.39. The highest BCUT2D eigenvalue weighted by molar-refractivity contribution is 6.36. The van der Waals surface area contributed by atoms with Gasteiger partial charge in [0.15, 0.2) is 0 Å². The van der Waals surface area contributed by atoms with Crippen LogP contribution in [0.5, 0.6) is 0 Å². The lowest BCUT2D eigenvalue weighted by atomic mass is 10.2. The maximum Gasteiger partial charge on any atom is 0.373 e. The van der Waals surface area contributed by atoms with E-state index in [2.05, 4.69) is 9.73 Å². The molecule has 0 heterocycles. The Labute approximate surface area is 71.1 Å². The van der Waals surface area contributed by atoms with Crippen LogP contribution in [0.15, 0.2) is 4.99 Å². The third-order valence-electron chi connectivity index (χ3n) is 1.18. The maximum absolute atomic E-state index is 10.7. The minimum atomic E-state index is -0.708. The summed E-state index contributed by atoms with van der Waals surface area (Å²) in [6, 6.07) is 0. The van der Waals surface area contributed by atoms with Gasteiger partial charge in [-0.25, -0.2) is 9.79 Å². The van der Waals surface area contributed by atoms with Crippen molar-refractivity contribution in [1.29, 1.82) is 5.41 Å². The normalized spacial score (nSPS) is 11.5. The molecule has 0 aromatic heterocycles. The second kappa shape index (κ2) is 4.48. The first-order valence-corrected chi connectivity index (χ1v) is 3.50. The van der Waals surface area contributed by atoms with Gasteiger partial charge in [-0.1, -0.05) is 13.8 Å². The zero-order valence-electron chi connectivity index (χ0n) is 7.42. The van der Waals surface area contributed by atoms with Crippen LogP contribution in [0.3, 0.4) is 0 Å². The van der Waals surface area contributed by atoms with E-state index < -0.39 is 5.97 Å². The number of nitrogens with zero attached hydrogens (tertiary/aromatic N) is 1. The van der Waals surface area contributed by atoms with E-state index in [9.17, 15) is 4.79 Å². The van der Waals surface area contributed by atoms with Crippen LogP contribution in [0, 0.1) is 11.3 Å². The molecule has 5 nitrogen and oxygen atoms in total. The summed E-state index contributed by atoms with van der Waals surface area (Å²) in [5, 5.41) is 7.27. The highest BCUT2D eigenvalue weighted by Crippen LogP contribution is 1.95. The molecule has 0 spiro atoms. The molecule has 0 aromatic carbocycles. The molecule has 0 unspecified atom stereocenters. The van der Waals surface area contributed by atoms with Crippen molar-refractivity contribution in [3.05, 3.63) is 0 Å². The average Bonchev–Trinajstić information content (AvgIpc) is 2.02. The van der Waals surface area contributed by atoms with Crippen molar-refractivity contribution in [2.45, 2.75) is 13.8 Å². The summed E-state index contributed by atoms with van der Waals surface area (Å²) < 4.78 is 4.30. The van der Waals surface area contributed by atoms with Crippen molar-refractivity contribution in [1.82, 2.24) is 0 Å². The predicted molar refractivity (Wildman–Crippen MR) is 46.2 cm³/mol. The molecule has 0 saturated carbocycles. The molecule has 0 bridgehead atoms. The van der Waals surface area contributed by atoms with Gasteiger partial charge in [0, 0.05) is 5.92 Å². The molecule has 0 aliphatic rings. The number of rotatable bonds is 1. The van der Waals surface area contributed by atoms with Gasteiger partial charge >= 0.3 is 5.97 Å². The van der Waals surface area contributed by atoms with E-state index in [1.54, 1.807) is 13.8 Å². The van der Waals surface area contributed by atoms with Crippen molar-refractivity contribution >= 4 is 17.6 Å². The summed E-state index contributed by atoms with van der Waals surface area (Å²) in [5.74, 6) is -0.970. The van der Waals surface area contributed by atoms with Crippen molar-refractivity contribution in [2.24, 2.45) is 16.6 Å². The fourth-order valence-corrected chi connectivity index (χ4v) is 0.409. The summed E-state index contributed by atoms with van der Waals surface area (Å²) in [6.07, 6.45) is 0. The molecule has 0 rings (SSSR count). The number of amidine groups is 2. The van der Waals surface area contributed by atoms with Gasteiger partial charge < -0.3 is 10.5 Å². The van der Waals surface area contributed by atoms with Gasteiger partial charge in [0.05, 0.1) is 7.11 Å². The quantitative estimate of drug-likeness (QED) is 0.334. The first-order valence-electron chi connectivity index (χ1n) is 3.50. The molecule has 3 N–H and O–H groups in total. The molecule has 5 heteroatoms. The lowest BCUT2D eigenvalue weighted by Gasteiger charge is -2.02. The smallest absolute Gasteiger partial charge is 0.373 e. The Kier molecular flexibility index (Phi) is 3.96. The van der Waals surface area contributed by atoms with Gasteiger partial charge in [-0.3, -0.25) is 5.41 Å². The second-order valence-electron chi connectivity index (χ2n) is 2.53. The number of carbonyl (C=O) groups excluding carboxylic acids is 1. The highest BCUT2D eigenvalue weighted by Gasteiger charge is 2.08. The summed E-state index contributed by atoms with van der Waals surface area (Å²) in [5.41, 5.74) is 5.20. The molecule has 68 valence electrons. The van der Waals surface area contributed by atoms with Gasteiger partial charge in [0.25, 0.3) is 0 Å². The number of hydrogen-bond donors (Lipinski definition) is 2. The van der Waals surface area contributed by atoms with Crippen LogP contribution in [-0.2, 0) is 9.53 Å². The number of esters is 1. The Balaban J connectivity index is 4.36. The van der Waals surface area contributed by atoms with Crippen LogP contribution in [-0.4, -0.2) is 24.8 Å². The molecular weight excluding hydrogens is 158 g/mol. The van der Waals surface area contributed by atoms with Crippen LogP contribution in [0.2, 0.25) is 0 Å². The van der Waals surface area contributed by atoms with E-state index in [-0.39, 0.29) is 17.6 Å². The lowest BCUT2D eigenvalue weighted by Crippen LogP contribution is -2.26. The van der Waals surface area contributed by atoms with E-state index in [4.69, 9.17) is 11.1 Å².